The minimum atomic E-state index is -0.629. The van der Waals surface area contributed by atoms with Crippen molar-refractivity contribution in [3.05, 3.63) is 34.1 Å². The van der Waals surface area contributed by atoms with E-state index in [1.165, 1.54) is 12.1 Å². The Balaban J connectivity index is 1.89. The van der Waals surface area contributed by atoms with Crippen molar-refractivity contribution in [1.29, 1.82) is 0 Å². The third-order valence-corrected chi connectivity index (χ3v) is 3.30. The highest BCUT2D eigenvalue weighted by Gasteiger charge is 2.17. The zero-order valence-corrected chi connectivity index (χ0v) is 10.6. The summed E-state index contributed by atoms with van der Waals surface area (Å²) in [5.41, 5.74) is -0.318. The van der Waals surface area contributed by atoms with Crippen molar-refractivity contribution in [2.45, 2.75) is 19.3 Å². The Bertz CT molecular complexity index is 448. The van der Waals surface area contributed by atoms with Crippen LogP contribution in [0.25, 0.3) is 0 Å². The van der Waals surface area contributed by atoms with E-state index < -0.39 is 10.7 Å². The quantitative estimate of drug-likeness (QED) is 0.658. The first-order valence-corrected chi connectivity index (χ1v) is 6.44. The summed E-state index contributed by atoms with van der Waals surface area (Å²) in [5.74, 6) is 0.0546. The van der Waals surface area contributed by atoms with Crippen LogP contribution in [-0.4, -0.2) is 24.6 Å². The Labute approximate surface area is 110 Å². The number of nitro benzene ring substituents is 1. The molecule has 1 fully saturated rings. The van der Waals surface area contributed by atoms with Crippen LogP contribution in [0.4, 0.5) is 10.1 Å². The number of hydrogen-bond acceptors (Lipinski definition) is 4. The number of piperidine rings is 1. The number of nitrogens with zero attached hydrogens (tertiary/aromatic N) is 1. The fraction of sp³-hybridized carbons (Fsp3) is 0.538. The summed E-state index contributed by atoms with van der Waals surface area (Å²) in [6.45, 7) is 2.44. The highest BCUT2D eigenvalue weighted by atomic mass is 19.1. The van der Waals surface area contributed by atoms with E-state index in [0.717, 1.165) is 38.4 Å². The largest absolute Gasteiger partial charge is 0.487 e. The molecule has 1 N–H and O–H groups in total. The van der Waals surface area contributed by atoms with Crippen molar-refractivity contribution in [2.75, 3.05) is 19.7 Å². The molecule has 0 amide bonds. The molecule has 1 atom stereocenters. The molecule has 1 unspecified atom stereocenters. The van der Waals surface area contributed by atoms with Gasteiger partial charge in [0.1, 0.15) is 5.82 Å². The molecule has 104 valence electrons. The van der Waals surface area contributed by atoms with Gasteiger partial charge in [-0.15, -0.1) is 0 Å². The third kappa shape index (κ3) is 3.89. The lowest BCUT2D eigenvalue weighted by molar-refractivity contribution is -0.386. The number of benzene rings is 1. The fourth-order valence-corrected chi connectivity index (χ4v) is 2.26. The molecule has 0 aromatic heterocycles. The normalized spacial score (nSPS) is 19.1. The number of hydrogen-bond donors (Lipinski definition) is 1. The molecule has 1 saturated heterocycles. The van der Waals surface area contributed by atoms with Gasteiger partial charge in [0.05, 0.1) is 17.6 Å². The molecule has 0 aliphatic carbocycles. The van der Waals surface area contributed by atoms with E-state index in [1.807, 2.05) is 0 Å². The van der Waals surface area contributed by atoms with Crippen molar-refractivity contribution in [3.8, 4) is 5.75 Å². The maximum atomic E-state index is 13.0. The molecule has 2 rings (SSSR count). The minimum absolute atomic E-state index is 0.134. The van der Waals surface area contributed by atoms with Gasteiger partial charge in [-0.05, 0) is 50.4 Å². The molecule has 0 radical (unpaired) electrons. The summed E-state index contributed by atoms with van der Waals surface area (Å²) in [6.07, 6.45) is 3.16. The molecule has 5 nitrogen and oxygen atoms in total. The van der Waals surface area contributed by atoms with Crippen molar-refractivity contribution in [3.63, 3.8) is 0 Å². The van der Waals surface area contributed by atoms with Gasteiger partial charge in [-0.1, -0.05) is 0 Å². The SMILES string of the molecule is O=[N+]([O-])c1cc(F)ccc1OCCC1CCCNC1. The van der Waals surface area contributed by atoms with Crippen molar-refractivity contribution in [1.82, 2.24) is 5.32 Å². The van der Waals surface area contributed by atoms with Crippen LogP contribution in [0, 0.1) is 21.8 Å². The smallest absolute Gasteiger partial charge is 0.313 e. The molecule has 19 heavy (non-hydrogen) atoms. The van der Waals surface area contributed by atoms with Gasteiger partial charge in [0.15, 0.2) is 5.75 Å². The topological polar surface area (TPSA) is 64.4 Å². The second kappa shape index (κ2) is 6.47. The highest BCUT2D eigenvalue weighted by Crippen LogP contribution is 2.28. The fourth-order valence-electron chi connectivity index (χ4n) is 2.26. The summed E-state index contributed by atoms with van der Waals surface area (Å²) >= 11 is 0. The van der Waals surface area contributed by atoms with E-state index >= 15 is 0 Å². The third-order valence-electron chi connectivity index (χ3n) is 3.30. The Hall–Kier alpha value is -1.69. The van der Waals surface area contributed by atoms with E-state index in [4.69, 9.17) is 4.74 Å². The van der Waals surface area contributed by atoms with Crippen LogP contribution in [0.2, 0.25) is 0 Å². The Morgan fingerprint density at radius 2 is 2.37 bits per heavy atom. The maximum absolute atomic E-state index is 13.0. The molecule has 1 heterocycles. The lowest BCUT2D eigenvalue weighted by atomic mass is 9.97. The number of rotatable bonds is 5. The van der Waals surface area contributed by atoms with Crippen LogP contribution in [0.5, 0.6) is 5.75 Å². The molecular formula is C13H17FN2O3. The van der Waals surface area contributed by atoms with Crippen molar-refractivity contribution < 1.29 is 14.1 Å². The molecule has 1 aromatic carbocycles. The van der Waals surface area contributed by atoms with Crippen LogP contribution >= 0.6 is 0 Å². The standard InChI is InChI=1S/C13H17FN2O3/c14-11-3-4-13(12(8-11)16(17)18)19-7-5-10-2-1-6-15-9-10/h3-4,8,10,15H,1-2,5-7,9H2. The Morgan fingerprint density at radius 1 is 1.53 bits per heavy atom. The van der Waals surface area contributed by atoms with Gasteiger partial charge in [-0.2, -0.15) is 0 Å². The lowest BCUT2D eigenvalue weighted by Crippen LogP contribution is -2.30. The van der Waals surface area contributed by atoms with Crippen molar-refractivity contribution in [2.24, 2.45) is 5.92 Å². The first-order valence-electron chi connectivity index (χ1n) is 6.44. The first kappa shape index (κ1) is 13.7. The predicted molar refractivity (Wildman–Crippen MR) is 68.8 cm³/mol. The first-order chi connectivity index (χ1) is 9.16. The van der Waals surface area contributed by atoms with Crippen LogP contribution in [-0.2, 0) is 0 Å². The molecule has 0 bridgehead atoms. The molecule has 0 spiro atoms. The predicted octanol–water partition coefficient (Wildman–Crippen LogP) is 2.50. The zero-order valence-electron chi connectivity index (χ0n) is 10.6. The van der Waals surface area contributed by atoms with Crippen LogP contribution in [0.1, 0.15) is 19.3 Å². The van der Waals surface area contributed by atoms with Gasteiger partial charge in [0.2, 0.25) is 0 Å². The van der Waals surface area contributed by atoms with Gasteiger partial charge in [-0.3, -0.25) is 10.1 Å². The van der Waals surface area contributed by atoms with Crippen LogP contribution in [0.15, 0.2) is 18.2 Å². The summed E-state index contributed by atoms with van der Waals surface area (Å²) in [4.78, 5) is 10.2. The summed E-state index contributed by atoms with van der Waals surface area (Å²) in [7, 11) is 0. The molecular weight excluding hydrogens is 251 g/mol. The van der Waals surface area contributed by atoms with E-state index in [-0.39, 0.29) is 11.4 Å². The average Bonchev–Trinajstić information content (AvgIpc) is 2.41. The maximum Gasteiger partial charge on any atom is 0.313 e. The molecule has 1 aliphatic heterocycles. The van der Waals surface area contributed by atoms with Crippen LogP contribution in [0.3, 0.4) is 0 Å². The molecule has 1 aromatic rings. The second-order valence-electron chi connectivity index (χ2n) is 4.72. The average molecular weight is 268 g/mol. The minimum Gasteiger partial charge on any atom is -0.487 e. The monoisotopic (exact) mass is 268 g/mol. The zero-order chi connectivity index (χ0) is 13.7. The summed E-state index contributed by atoms with van der Waals surface area (Å²) < 4.78 is 18.4. The van der Waals surface area contributed by atoms with E-state index in [2.05, 4.69) is 5.32 Å². The lowest BCUT2D eigenvalue weighted by Gasteiger charge is -2.22. The van der Waals surface area contributed by atoms with Gasteiger partial charge in [0.25, 0.3) is 0 Å². The molecule has 1 aliphatic rings. The number of halogens is 1. The summed E-state index contributed by atoms with van der Waals surface area (Å²) in [5, 5.41) is 14.1. The highest BCUT2D eigenvalue weighted by molar-refractivity contribution is 5.46. The number of nitro groups is 1. The molecule has 0 saturated carbocycles. The van der Waals surface area contributed by atoms with Gasteiger partial charge in [0, 0.05) is 0 Å². The number of ether oxygens (including phenoxy) is 1. The van der Waals surface area contributed by atoms with E-state index in [0.29, 0.717) is 12.5 Å². The Morgan fingerprint density at radius 3 is 3.05 bits per heavy atom. The van der Waals surface area contributed by atoms with E-state index in [1.54, 1.807) is 0 Å². The van der Waals surface area contributed by atoms with Crippen LogP contribution < -0.4 is 10.1 Å². The second-order valence-corrected chi connectivity index (χ2v) is 4.72. The Kier molecular flexibility index (Phi) is 4.68. The van der Waals surface area contributed by atoms with Gasteiger partial charge < -0.3 is 10.1 Å². The van der Waals surface area contributed by atoms with Crippen molar-refractivity contribution >= 4 is 5.69 Å². The number of nitrogens with one attached hydrogen (secondary N) is 1. The van der Waals surface area contributed by atoms with Gasteiger partial charge in [-0.25, -0.2) is 4.39 Å². The van der Waals surface area contributed by atoms with E-state index in [9.17, 15) is 14.5 Å². The van der Waals surface area contributed by atoms with Gasteiger partial charge >= 0.3 is 5.69 Å². The summed E-state index contributed by atoms with van der Waals surface area (Å²) in [6, 6.07) is 3.37. The molecule has 6 heteroatoms.